The largest absolute Gasteiger partial charge is 0.454 e. The lowest BCUT2D eigenvalue weighted by molar-refractivity contribution is 0.669. The molecule has 0 radical (unpaired) electrons. The van der Waals surface area contributed by atoms with Crippen molar-refractivity contribution in [2.24, 2.45) is 0 Å². The van der Waals surface area contributed by atoms with Gasteiger partial charge < -0.3 is 13.9 Å². The van der Waals surface area contributed by atoms with E-state index >= 15 is 0 Å². The second-order valence-corrected chi connectivity index (χ2v) is 16.9. The summed E-state index contributed by atoms with van der Waals surface area (Å²) in [6, 6.07) is 87.8. The zero-order chi connectivity index (χ0) is 42.8. The Balaban J connectivity index is 1.10. The number of furan rings is 1. The highest BCUT2D eigenvalue weighted by Gasteiger charge is 2.25. The minimum Gasteiger partial charge on any atom is -0.454 e. The molecule has 0 aliphatic rings. The van der Waals surface area contributed by atoms with Crippen LogP contribution in [0.3, 0.4) is 0 Å². The number of anilines is 3. The fourth-order valence-corrected chi connectivity index (χ4v) is 10.0. The molecular weight excluding hydrogens is 789 g/mol. The molecule has 13 aromatic rings. The second-order valence-electron chi connectivity index (χ2n) is 16.9. The average molecular weight is 829 g/mol. The molecule has 0 aliphatic heterocycles. The monoisotopic (exact) mass is 828 g/mol. The first kappa shape index (κ1) is 36.9. The van der Waals surface area contributed by atoms with Crippen LogP contribution in [0, 0.1) is 0 Å². The third-order valence-corrected chi connectivity index (χ3v) is 13.1. The van der Waals surface area contributed by atoms with Gasteiger partial charge in [0.25, 0.3) is 0 Å². The van der Waals surface area contributed by atoms with E-state index in [1.54, 1.807) is 0 Å². The van der Waals surface area contributed by atoms with Crippen LogP contribution < -0.4 is 4.90 Å². The molecule has 0 fully saturated rings. The van der Waals surface area contributed by atoms with Crippen molar-refractivity contribution in [3.8, 4) is 39.1 Å². The Morgan fingerprint density at radius 2 is 0.815 bits per heavy atom. The SMILES string of the molecule is c1ccc(-c2ccc(N(c3ccc4c(c3)c3cc5ccccc5cc3n4-c3cc(-c4ccccc4)cc(-c4ccccc4)c3)c3c4ccccc4cc4c3oc3ccccc34)cc2)cc1. The van der Waals surface area contributed by atoms with Gasteiger partial charge in [-0.05, 0) is 122 Å². The maximum Gasteiger partial charge on any atom is 0.160 e. The lowest BCUT2D eigenvalue weighted by Crippen LogP contribution is -2.11. The fourth-order valence-electron chi connectivity index (χ4n) is 10.0. The van der Waals surface area contributed by atoms with Crippen LogP contribution in [0.15, 0.2) is 247 Å². The summed E-state index contributed by atoms with van der Waals surface area (Å²) < 4.78 is 9.39. The molecule has 0 N–H and O–H groups in total. The third kappa shape index (κ3) is 6.20. The van der Waals surface area contributed by atoms with Gasteiger partial charge in [0.2, 0.25) is 0 Å². The van der Waals surface area contributed by atoms with Crippen molar-refractivity contribution in [3.63, 3.8) is 0 Å². The first-order valence-corrected chi connectivity index (χ1v) is 22.2. The summed E-state index contributed by atoms with van der Waals surface area (Å²) in [6.07, 6.45) is 0. The minimum atomic E-state index is 0.858. The Hall–Kier alpha value is -8.66. The number of rotatable bonds is 7. The molecule has 2 heterocycles. The molecule has 0 spiro atoms. The van der Waals surface area contributed by atoms with E-state index in [-0.39, 0.29) is 0 Å². The van der Waals surface area contributed by atoms with Crippen molar-refractivity contribution >= 4 is 82.4 Å². The van der Waals surface area contributed by atoms with Gasteiger partial charge in [-0.15, -0.1) is 0 Å². The van der Waals surface area contributed by atoms with Gasteiger partial charge in [0.15, 0.2) is 5.58 Å². The summed E-state index contributed by atoms with van der Waals surface area (Å²) in [6.45, 7) is 0. The van der Waals surface area contributed by atoms with E-state index in [1.165, 1.54) is 54.9 Å². The van der Waals surface area contributed by atoms with E-state index in [0.717, 1.165) is 66.5 Å². The van der Waals surface area contributed by atoms with Gasteiger partial charge in [-0.2, -0.15) is 0 Å². The smallest absolute Gasteiger partial charge is 0.160 e. The third-order valence-electron chi connectivity index (χ3n) is 13.1. The first-order valence-electron chi connectivity index (χ1n) is 22.2. The van der Waals surface area contributed by atoms with E-state index in [9.17, 15) is 0 Å². The van der Waals surface area contributed by atoms with Gasteiger partial charge in [-0.25, -0.2) is 0 Å². The molecule has 11 aromatic carbocycles. The molecule has 0 bridgehead atoms. The second kappa shape index (κ2) is 15.0. The van der Waals surface area contributed by atoms with Crippen molar-refractivity contribution in [1.82, 2.24) is 4.57 Å². The maximum absolute atomic E-state index is 6.93. The topological polar surface area (TPSA) is 21.3 Å². The number of hydrogen-bond donors (Lipinski definition) is 0. The number of fused-ring (bicyclic) bond motifs is 8. The van der Waals surface area contributed by atoms with Crippen LogP contribution in [0.4, 0.5) is 17.1 Å². The van der Waals surface area contributed by atoms with E-state index in [2.05, 4.69) is 252 Å². The van der Waals surface area contributed by atoms with Crippen molar-refractivity contribution in [1.29, 1.82) is 0 Å². The highest BCUT2D eigenvalue weighted by Crippen LogP contribution is 2.48. The number of hydrogen-bond acceptors (Lipinski definition) is 2. The normalized spacial score (nSPS) is 11.7. The predicted molar refractivity (Wildman–Crippen MR) is 274 cm³/mol. The molecule has 65 heavy (non-hydrogen) atoms. The lowest BCUT2D eigenvalue weighted by Gasteiger charge is -2.27. The van der Waals surface area contributed by atoms with Crippen LogP contribution in [0.25, 0.3) is 104 Å². The summed E-state index contributed by atoms with van der Waals surface area (Å²) in [4.78, 5) is 2.41. The van der Waals surface area contributed by atoms with Crippen LogP contribution in [-0.4, -0.2) is 4.57 Å². The van der Waals surface area contributed by atoms with Crippen LogP contribution in [0.1, 0.15) is 0 Å². The van der Waals surface area contributed by atoms with E-state index in [4.69, 9.17) is 4.42 Å². The first-order chi connectivity index (χ1) is 32.2. The standard InChI is InChI=1S/C62H40N2O/c1-4-16-41(17-5-1)44-28-30-50(31-29-44)63(61-53-25-13-12-24-47(53)38-57-54-26-14-15-27-60(54)65-62(57)61)51-32-33-58-56(40-51)55-37-45-22-10-11-23-46(45)39-59(55)64(58)52-35-48(42-18-6-2-7-19-42)34-49(36-52)43-20-8-3-9-21-43/h1-40H. The van der Waals surface area contributed by atoms with Crippen molar-refractivity contribution in [2.45, 2.75) is 0 Å². The molecule has 0 atom stereocenters. The summed E-state index contributed by atoms with van der Waals surface area (Å²) in [5.74, 6) is 0. The highest BCUT2D eigenvalue weighted by atomic mass is 16.3. The van der Waals surface area contributed by atoms with Crippen LogP contribution >= 0.6 is 0 Å². The fraction of sp³-hybridized carbons (Fsp3) is 0. The Labute approximate surface area is 376 Å². The van der Waals surface area contributed by atoms with Gasteiger partial charge in [0, 0.05) is 44.0 Å². The quantitative estimate of drug-likeness (QED) is 0.160. The number of aromatic nitrogens is 1. The molecule has 3 nitrogen and oxygen atoms in total. The van der Waals surface area contributed by atoms with Gasteiger partial charge in [0.1, 0.15) is 5.58 Å². The molecule has 0 amide bonds. The molecule has 0 unspecified atom stereocenters. The van der Waals surface area contributed by atoms with Gasteiger partial charge in [0.05, 0.1) is 16.7 Å². The summed E-state index contributed by atoms with van der Waals surface area (Å²) in [7, 11) is 0. The number of benzene rings is 11. The van der Waals surface area contributed by atoms with Crippen LogP contribution in [-0.2, 0) is 0 Å². The lowest BCUT2D eigenvalue weighted by atomic mass is 9.98. The minimum absolute atomic E-state index is 0.858. The summed E-state index contributed by atoms with van der Waals surface area (Å²) in [5.41, 5.74) is 15.3. The van der Waals surface area contributed by atoms with Gasteiger partial charge >= 0.3 is 0 Å². The molecular formula is C62H40N2O. The molecule has 2 aromatic heterocycles. The predicted octanol–water partition coefficient (Wildman–Crippen LogP) is 17.5. The molecule has 13 rings (SSSR count). The molecule has 0 saturated heterocycles. The highest BCUT2D eigenvalue weighted by molar-refractivity contribution is 6.20. The van der Waals surface area contributed by atoms with Crippen LogP contribution in [0.5, 0.6) is 0 Å². The Morgan fingerprint density at radius 3 is 1.49 bits per heavy atom. The zero-order valence-corrected chi connectivity index (χ0v) is 35.4. The van der Waals surface area contributed by atoms with Crippen molar-refractivity contribution in [3.05, 3.63) is 243 Å². The summed E-state index contributed by atoms with van der Waals surface area (Å²) >= 11 is 0. The molecule has 3 heteroatoms. The van der Waals surface area contributed by atoms with E-state index < -0.39 is 0 Å². The Bertz CT molecular complexity index is 3870. The Morgan fingerprint density at radius 1 is 0.308 bits per heavy atom. The molecule has 0 aliphatic carbocycles. The zero-order valence-electron chi connectivity index (χ0n) is 35.4. The van der Waals surface area contributed by atoms with E-state index in [0.29, 0.717) is 0 Å². The van der Waals surface area contributed by atoms with Crippen molar-refractivity contribution in [2.75, 3.05) is 4.90 Å². The Kier molecular flexibility index (Phi) is 8.53. The van der Waals surface area contributed by atoms with Gasteiger partial charge in [-0.3, -0.25) is 0 Å². The number of nitrogens with zero attached hydrogens (tertiary/aromatic N) is 2. The van der Waals surface area contributed by atoms with E-state index in [1.807, 2.05) is 0 Å². The maximum atomic E-state index is 6.93. The molecule has 0 saturated carbocycles. The van der Waals surface area contributed by atoms with Crippen molar-refractivity contribution < 1.29 is 4.42 Å². The number of para-hydroxylation sites is 1. The average Bonchev–Trinajstić information content (AvgIpc) is 3.91. The van der Waals surface area contributed by atoms with Gasteiger partial charge in [-0.1, -0.05) is 170 Å². The summed E-state index contributed by atoms with van der Waals surface area (Å²) in [5, 5.41) is 9.24. The van der Waals surface area contributed by atoms with Crippen LogP contribution in [0.2, 0.25) is 0 Å². The molecule has 304 valence electrons.